The zero-order chi connectivity index (χ0) is 10.6. The summed E-state index contributed by atoms with van der Waals surface area (Å²) in [5.74, 6) is -0.246. The van der Waals surface area contributed by atoms with E-state index in [2.05, 4.69) is 11.9 Å². The molecular formula is C11H17NO2. The minimum Gasteiger partial charge on any atom is -0.461 e. The first-order valence-electron chi connectivity index (χ1n) is 5.10. The second-order valence-corrected chi connectivity index (χ2v) is 3.12. The highest BCUT2D eigenvalue weighted by molar-refractivity contribution is 5.89. The van der Waals surface area contributed by atoms with Gasteiger partial charge in [0, 0.05) is 5.69 Å². The summed E-state index contributed by atoms with van der Waals surface area (Å²) in [4.78, 5) is 14.6. The molecule has 3 heteroatoms. The molecule has 0 atom stereocenters. The lowest BCUT2D eigenvalue weighted by Gasteiger charge is -2.01. The predicted molar refractivity (Wildman–Crippen MR) is 55.5 cm³/mol. The molecular weight excluding hydrogens is 178 g/mol. The van der Waals surface area contributed by atoms with E-state index < -0.39 is 0 Å². The Hall–Kier alpha value is -1.25. The second-order valence-electron chi connectivity index (χ2n) is 3.12. The molecule has 1 aromatic rings. The van der Waals surface area contributed by atoms with Gasteiger partial charge in [0.05, 0.1) is 6.61 Å². The molecule has 0 unspecified atom stereocenters. The summed E-state index contributed by atoms with van der Waals surface area (Å²) in [6.45, 7) is 6.32. The van der Waals surface area contributed by atoms with E-state index in [0.717, 1.165) is 24.1 Å². The van der Waals surface area contributed by atoms with Gasteiger partial charge in [-0.05, 0) is 31.4 Å². The fourth-order valence-electron chi connectivity index (χ4n) is 1.41. The van der Waals surface area contributed by atoms with Crippen LogP contribution in [0.3, 0.4) is 0 Å². The number of ether oxygens (including phenoxy) is 1. The Balaban J connectivity index is 2.93. The van der Waals surface area contributed by atoms with E-state index in [4.69, 9.17) is 4.74 Å². The van der Waals surface area contributed by atoms with Crippen LogP contribution in [-0.2, 0) is 17.6 Å². The molecule has 3 nitrogen and oxygen atoms in total. The molecule has 14 heavy (non-hydrogen) atoms. The molecule has 0 saturated heterocycles. The maximum atomic E-state index is 11.5. The SMILES string of the molecule is CCOC(=O)c1[nH]c(CC)cc1CC. The van der Waals surface area contributed by atoms with Gasteiger partial charge in [0.1, 0.15) is 5.69 Å². The topological polar surface area (TPSA) is 42.1 Å². The van der Waals surface area contributed by atoms with Crippen molar-refractivity contribution in [1.29, 1.82) is 0 Å². The number of aromatic nitrogens is 1. The molecule has 0 bridgehead atoms. The predicted octanol–water partition coefficient (Wildman–Crippen LogP) is 2.32. The van der Waals surface area contributed by atoms with Crippen molar-refractivity contribution >= 4 is 5.97 Å². The van der Waals surface area contributed by atoms with E-state index in [1.54, 1.807) is 0 Å². The lowest BCUT2D eigenvalue weighted by molar-refractivity contribution is 0.0519. The van der Waals surface area contributed by atoms with Gasteiger partial charge < -0.3 is 9.72 Å². The van der Waals surface area contributed by atoms with Gasteiger partial charge in [0.2, 0.25) is 0 Å². The average molecular weight is 195 g/mol. The molecule has 0 saturated carbocycles. The molecule has 0 amide bonds. The summed E-state index contributed by atoms with van der Waals surface area (Å²) < 4.78 is 4.96. The number of aromatic amines is 1. The van der Waals surface area contributed by atoms with Crippen LogP contribution in [0.15, 0.2) is 6.07 Å². The molecule has 0 aliphatic rings. The Labute approximate surface area is 84.5 Å². The van der Waals surface area contributed by atoms with Gasteiger partial charge in [-0.25, -0.2) is 4.79 Å². The third kappa shape index (κ3) is 2.16. The fourth-order valence-corrected chi connectivity index (χ4v) is 1.41. The third-order valence-corrected chi connectivity index (χ3v) is 2.20. The Morgan fingerprint density at radius 1 is 1.36 bits per heavy atom. The zero-order valence-electron chi connectivity index (χ0n) is 9.02. The van der Waals surface area contributed by atoms with Crippen molar-refractivity contribution in [2.75, 3.05) is 6.61 Å². The molecule has 0 aliphatic carbocycles. The minimum atomic E-state index is -0.246. The van der Waals surface area contributed by atoms with Crippen LogP contribution in [0.25, 0.3) is 0 Å². The Morgan fingerprint density at radius 3 is 2.57 bits per heavy atom. The molecule has 1 aromatic heterocycles. The average Bonchev–Trinajstić information content (AvgIpc) is 2.61. The number of nitrogens with one attached hydrogen (secondary N) is 1. The van der Waals surface area contributed by atoms with Crippen molar-refractivity contribution in [1.82, 2.24) is 4.98 Å². The number of hydrogen-bond donors (Lipinski definition) is 1. The lowest BCUT2D eigenvalue weighted by Crippen LogP contribution is -2.07. The first-order chi connectivity index (χ1) is 6.72. The molecule has 0 radical (unpaired) electrons. The minimum absolute atomic E-state index is 0.246. The van der Waals surface area contributed by atoms with Crippen molar-refractivity contribution in [3.63, 3.8) is 0 Å². The number of esters is 1. The Kier molecular flexibility index (Phi) is 3.74. The van der Waals surface area contributed by atoms with Crippen LogP contribution in [0.2, 0.25) is 0 Å². The Morgan fingerprint density at radius 2 is 2.07 bits per heavy atom. The second kappa shape index (κ2) is 4.84. The van der Waals surface area contributed by atoms with Gasteiger partial charge in [-0.15, -0.1) is 0 Å². The van der Waals surface area contributed by atoms with Crippen LogP contribution in [0.4, 0.5) is 0 Å². The van der Waals surface area contributed by atoms with Gasteiger partial charge in [-0.1, -0.05) is 13.8 Å². The monoisotopic (exact) mass is 195 g/mol. The highest BCUT2D eigenvalue weighted by atomic mass is 16.5. The highest BCUT2D eigenvalue weighted by Gasteiger charge is 2.14. The van der Waals surface area contributed by atoms with E-state index >= 15 is 0 Å². The molecule has 1 heterocycles. The van der Waals surface area contributed by atoms with Crippen LogP contribution in [0.1, 0.15) is 42.5 Å². The van der Waals surface area contributed by atoms with Crippen LogP contribution >= 0.6 is 0 Å². The largest absolute Gasteiger partial charge is 0.461 e. The zero-order valence-corrected chi connectivity index (χ0v) is 9.02. The van der Waals surface area contributed by atoms with Crippen molar-refractivity contribution in [2.24, 2.45) is 0 Å². The Bertz CT molecular complexity index is 315. The maximum Gasteiger partial charge on any atom is 0.355 e. The summed E-state index contributed by atoms with van der Waals surface area (Å²) in [6.07, 6.45) is 1.76. The third-order valence-electron chi connectivity index (χ3n) is 2.20. The first kappa shape index (κ1) is 10.8. The van der Waals surface area contributed by atoms with Gasteiger partial charge in [0.15, 0.2) is 0 Å². The van der Waals surface area contributed by atoms with E-state index in [1.165, 1.54) is 0 Å². The van der Waals surface area contributed by atoms with Crippen LogP contribution < -0.4 is 0 Å². The van der Waals surface area contributed by atoms with Crippen LogP contribution in [0.5, 0.6) is 0 Å². The number of rotatable bonds is 4. The smallest absolute Gasteiger partial charge is 0.355 e. The summed E-state index contributed by atoms with van der Waals surface area (Å²) >= 11 is 0. The number of carbonyl (C=O) groups is 1. The summed E-state index contributed by atoms with van der Waals surface area (Å²) in [5, 5.41) is 0. The normalized spacial score (nSPS) is 10.2. The van der Waals surface area contributed by atoms with E-state index in [-0.39, 0.29) is 5.97 Å². The summed E-state index contributed by atoms with van der Waals surface area (Å²) in [5.41, 5.74) is 2.75. The first-order valence-corrected chi connectivity index (χ1v) is 5.10. The van der Waals surface area contributed by atoms with Gasteiger partial charge in [-0.3, -0.25) is 0 Å². The van der Waals surface area contributed by atoms with Crippen molar-refractivity contribution in [3.8, 4) is 0 Å². The lowest BCUT2D eigenvalue weighted by atomic mass is 10.2. The molecule has 1 N–H and O–H groups in total. The van der Waals surface area contributed by atoms with E-state index in [0.29, 0.717) is 12.3 Å². The molecule has 0 aliphatic heterocycles. The molecule has 0 fully saturated rings. The van der Waals surface area contributed by atoms with E-state index in [1.807, 2.05) is 19.9 Å². The molecule has 0 aromatic carbocycles. The van der Waals surface area contributed by atoms with Crippen molar-refractivity contribution < 1.29 is 9.53 Å². The summed E-state index contributed by atoms with van der Waals surface area (Å²) in [7, 11) is 0. The number of carbonyl (C=O) groups excluding carboxylic acids is 1. The molecule has 1 rings (SSSR count). The van der Waals surface area contributed by atoms with Crippen LogP contribution in [0, 0.1) is 0 Å². The number of H-pyrrole nitrogens is 1. The molecule has 0 spiro atoms. The van der Waals surface area contributed by atoms with Crippen LogP contribution in [-0.4, -0.2) is 17.6 Å². The maximum absolute atomic E-state index is 11.5. The highest BCUT2D eigenvalue weighted by Crippen LogP contribution is 2.13. The van der Waals surface area contributed by atoms with E-state index in [9.17, 15) is 4.79 Å². The number of hydrogen-bond acceptors (Lipinski definition) is 2. The molecule has 78 valence electrons. The fraction of sp³-hybridized carbons (Fsp3) is 0.545. The summed E-state index contributed by atoms with van der Waals surface area (Å²) in [6, 6.07) is 2.03. The van der Waals surface area contributed by atoms with Gasteiger partial charge >= 0.3 is 5.97 Å². The quantitative estimate of drug-likeness (QED) is 0.749. The number of aryl methyl sites for hydroxylation is 2. The van der Waals surface area contributed by atoms with Gasteiger partial charge in [-0.2, -0.15) is 0 Å². The van der Waals surface area contributed by atoms with Crippen molar-refractivity contribution in [3.05, 3.63) is 23.0 Å². The van der Waals surface area contributed by atoms with Gasteiger partial charge in [0.25, 0.3) is 0 Å². The van der Waals surface area contributed by atoms with Crippen molar-refractivity contribution in [2.45, 2.75) is 33.6 Å². The standard InChI is InChI=1S/C11H17NO2/c1-4-8-7-9(5-2)12-10(8)11(13)14-6-3/h7,12H,4-6H2,1-3H3.